The third-order valence-corrected chi connectivity index (χ3v) is 5.30. The second kappa shape index (κ2) is 9.70. The summed E-state index contributed by atoms with van der Waals surface area (Å²) in [5.74, 6) is 1.19. The lowest BCUT2D eigenvalue weighted by molar-refractivity contribution is -0.147. The van der Waals surface area contributed by atoms with E-state index in [4.69, 9.17) is 15.2 Å². The summed E-state index contributed by atoms with van der Waals surface area (Å²) in [6, 6.07) is 5.54. The molecule has 1 fully saturated rings. The molecule has 8 heteroatoms. The Morgan fingerprint density at radius 1 is 1.16 bits per heavy atom. The summed E-state index contributed by atoms with van der Waals surface area (Å²) in [5.41, 5.74) is 9.03. The largest absolute Gasteiger partial charge is 0.492 e. The minimum atomic E-state index is -0.185. The Hall–Kier alpha value is -3.26. The number of pyridine rings is 1. The standard InChI is InChI=1S/C23H27N5O3/c1-15-26-12-16(13-27-15)18-6-7-20-19(11-17(24)14-28-20)22(18)30-9-4-10-31-23(29)21-5-2-3-8-25-21/h6-7,11-14,21,25H,2-5,8-10,24H2,1H3/t21-/m0/s1. The molecule has 0 radical (unpaired) electrons. The van der Waals surface area contributed by atoms with Gasteiger partial charge in [-0.05, 0) is 44.5 Å². The molecule has 0 amide bonds. The summed E-state index contributed by atoms with van der Waals surface area (Å²) in [7, 11) is 0. The van der Waals surface area contributed by atoms with Gasteiger partial charge in [0.2, 0.25) is 0 Å². The fourth-order valence-electron chi connectivity index (χ4n) is 3.66. The number of carbonyl (C=O) groups is 1. The minimum Gasteiger partial charge on any atom is -0.492 e. The molecular formula is C23H27N5O3. The molecule has 1 aliphatic heterocycles. The molecule has 2 aromatic heterocycles. The summed E-state index contributed by atoms with van der Waals surface area (Å²) < 4.78 is 11.6. The van der Waals surface area contributed by atoms with E-state index < -0.39 is 0 Å². The van der Waals surface area contributed by atoms with E-state index in [1.54, 1.807) is 18.6 Å². The maximum absolute atomic E-state index is 12.1. The number of carbonyl (C=O) groups excluding carboxylic acids is 1. The van der Waals surface area contributed by atoms with Crippen LogP contribution in [0.25, 0.3) is 22.0 Å². The SMILES string of the molecule is Cc1ncc(-c2ccc3ncc(N)cc3c2OCCCOC(=O)[C@@H]2CCCCN2)cn1. The third kappa shape index (κ3) is 5.08. The van der Waals surface area contributed by atoms with Crippen molar-refractivity contribution in [3.8, 4) is 16.9 Å². The molecule has 0 saturated carbocycles. The molecule has 1 saturated heterocycles. The Morgan fingerprint density at radius 2 is 2.00 bits per heavy atom. The van der Waals surface area contributed by atoms with Crippen LogP contribution in [0.2, 0.25) is 0 Å². The summed E-state index contributed by atoms with van der Waals surface area (Å²) in [5, 5.41) is 4.02. The highest BCUT2D eigenvalue weighted by atomic mass is 16.5. The zero-order valence-corrected chi connectivity index (χ0v) is 17.6. The predicted octanol–water partition coefficient (Wildman–Crippen LogP) is 3.04. The highest BCUT2D eigenvalue weighted by Gasteiger charge is 2.21. The second-order valence-corrected chi connectivity index (χ2v) is 7.67. The fraction of sp³-hybridized carbons (Fsp3) is 0.391. The maximum Gasteiger partial charge on any atom is 0.323 e. The summed E-state index contributed by atoms with van der Waals surface area (Å²) in [4.78, 5) is 25.1. The Morgan fingerprint density at radius 3 is 2.77 bits per heavy atom. The lowest BCUT2D eigenvalue weighted by Gasteiger charge is -2.21. The van der Waals surface area contributed by atoms with Gasteiger partial charge in [-0.25, -0.2) is 9.97 Å². The number of esters is 1. The molecule has 31 heavy (non-hydrogen) atoms. The van der Waals surface area contributed by atoms with Gasteiger partial charge in [0.15, 0.2) is 0 Å². The van der Waals surface area contributed by atoms with E-state index in [1.165, 1.54) is 0 Å². The molecule has 3 heterocycles. The molecule has 3 aromatic rings. The first kappa shape index (κ1) is 21.0. The van der Waals surface area contributed by atoms with Gasteiger partial charge in [0.25, 0.3) is 0 Å². The summed E-state index contributed by atoms with van der Waals surface area (Å²) >= 11 is 0. The van der Waals surface area contributed by atoms with Crippen molar-refractivity contribution in [1.29, 1.82) is 0 Å². The Kier molecular flexibility index (Phi) is 6.57. The number of fused-ring (bicyclic) bond motifs is 1. The van der Waals surface area contributed by atoms with Crippen molar-refractivity contribution < 1.29 is 14.3 Å². The van der Waals surface area contributed by atoms with Crippen molar-refractivity contribution in [2.75, 3.05) is 25.5 Å². The third-order valence-electron chi connectivity index (χ3n) is 5.30. The molecule has 0 unspecified atom stereocenters. The first-order valence-corrected chi connectivity index (χ1v) is 10.6. The van der Waals surface area contributed by atoms with Gasteiger partial charge in [-0.15, -0.1) is 0 Å². The molecule has 1 atom stereocenters. The average Bonchev–Trinajstić information content (AvgIpc) is 2.80. The van der Waals surface area contributed by atoms with Crippen molar-refractivity contribution in [2.45, 2.75) is 38.6 Å². The molecule has 162 valence electrons. The minimum absolute atomic E-state index is 0.181. The molecule has 0 spiro atoms. The Labute approximate surface area is 181 Å². The van der Waals surface area contributed by atoms with Crippen LogP contribution in [0.3, 0.4) is 0 Å². The quantitative estimate of drug-likeness (QED) is 0.442. The van der Waals surface area contributed by atoms with Gasteiger partial charge in [-0.3, -0.25) is 9.78 Å². The van der Waals surface area contributed by atoms with Crippen LogP contribution in [0.1, 0.15) is 31.5 Å². The van der Waals surface area contributed by atoms with E-state index in [9.17, 15) is 4.79 Å². The van der Waals surface area contributed by atoms with Crippen LogP contribution < -0.4 is 15.8 Å². The number of rotatable bonds is 7. The number of piperidine rings is 1. The van der Waals surface area contributed by atoms with Gasteiger partial charge in [-0.1, -0.05) is 6.42 Å². The number of hydrogen-bond acceptors (Lipinski definition) is 8. The topological polar surface area (TPSA) is 112 Å². The summed E-state index contributed by atoms with van der Waals surface area (Å²) in [6.45, 7) is 3.41. The Bertz CT molecular complexity index is 1050. The first-order chi connectivity index (χ1) is 15.1. The van der Waals surface area contributed by atoms with Crippen LogP contribution >= 0.6 is 0 Å². The number of benzene rings is 1. The van der Waals surface area contributed by atoms with Gasteiger partial charge < -0.3 is 20.5 Å². The first-order valence-electron chi connectivity index (χ1n) is 10.6. The van der Waals surface area contributed by atoms with Crippen LogP contribution in [-0.4, -0.2) is 46.7 Å². The van der Waals surface area contributed by atoms with Crippen molar-refractivity contribution in [2.24, 2.45) is 0 Å². The second-order valence-electron chi connectivity index (χ2n) is 7.67. The monoisotopic (exact) mass is 421 g/mol. The Balaban J connectivity index is 1.46. The van der Waals surface area contributed by atoms with E-state index in [2.05, 4.69) is 20.3 Å². The number of hydrogen-bond donors (Lipinski definition) is 2. The zero-order chi connectivity index (χ0) is 21.6. The highest BCUT2D eigenvalue weighted by Crippen LogP contribution is 2.36. The van der Waals surface area contributed by atoms with Gasteiger partial charge >= 0.3 is 5.97 Å². The number of aromatic nitrogens is 3. The molecule has 3 N–H and O–H groups in total. The van der Waals surface area contributed by atoms with Crippen molar-refractivity contribution in [3.05, 3.63) is 42.6 Å². The van der Waals surface area contributed by atoms with Crippen LogP contribution in [0.5, 0.6) is 5.75 Å². The van der Waals surface area contributed by atoms with Gasteiger partial charge in [0, 0.05) is 35.3 Å². The average molecular weight is 422 g/mol. The normalized spacial score (nSPS) is 16.2. The molecule has 1 aliphatic rings. The van der Waals surface area contributed by atoms with E-state index in [1.807, 2.05) is 25.1 Å². The highest BCUT2D eigenvalue weighted by molar-refractivity contribution is 5.94. The number of nitrogen functional groups attached to an aromatic ring is 1. The van der Waals surface area contributed by atoms with Crippen LogP contribution in [-0.2, 0) is 9.53 Å². The molecule has 0 aliphatic carbocycles. The van der Waals surface area contributed by atoms with Crippen LogP contribution in [0, 0.1) is 6.92 Å². The summed E-state index contributed by atoms with van der Waals surface area (Å²) in [6.07, 6.45) is 8.75. The molecule has 8 nitrogen and oxygen atoms in total. The number of ether oxygens (including phenoxy) is 2. The number of aryl methyl sites for hydroxylation is 1. The van der Waals surface area contributed by atoms with E-state index in [-0.39, 0.29) is 12.0 Å². The molecular weight excluding hydrogens is 394 g/mol. The predicted molar refractivity (Wildman–Crippen MR) is 119 cm³/mol. The number of nitrogens with zero attached hydrogens (tertiary/aromatic N) is 3. The lowest BCUT2D eigenvalue weighted by atomic mass is 10.0. The molecule has 1 aromatic carbocycles. The molecule has 0 bridgehead atoms. The van der Waals surface area contributed by atoms with E-state index in [0.717, 1.165) is 47.8 Å². The zero-order valence-electron chi connectivity index (χ0n) is 17.6. The number of anilines is 1. The van der Waals surface area contributed by atoms with Crippen LogP contribution in [0.4, 0.5) is 5.69 Å². The maximum atomic E-state index is 12.1. The van der Waals surface area contributed by atoms with Crippen LogP contribution in [0.15, 0.2) is 36.8 Å². The van der Waals surface area contributed by atoms with Crippen molar-refractivity contribution in [3.63, 3.8) is 0 Å². The fourth-order valence-corrected chi connectivity index (χ4v) is 3.66. The van der Waals surface area contributed by atoms with E-state index in [0.29, 0.717) is 36.9 Å². The number of nitrogens with two attached hydrogens (primary N) is 1. The van der Waals surface area contributed by atoms with Gasteiger partial charge in [0.05, 0.1) is 30.6 Å². The smallest absolute Gasteiger partial charge is 0.323 e. The van der Waals surface area contributed by atoms with E-state index >= 15 is 0 Å². The van der Waals surface area contributed by atoms with Crippen molar-refractivity contribution >= 4 is 22.6 Å². The van der Waals surface area contributed by atoms with Gasteiger partial charge in [0.1, 0.15) is 17.6 Å². The van der Waals surface area contributed by atoms with Crippen molar-refractivity contribution in [1.82, 2.24) is 20.3 Å². The number of nitrogens with one attached hydrogen (secondary N) is 1. The lowest BCUT2D eigenvalue weighted by Crippen LogP contribution is -2.41. The van der Waals surface area contributed by atoms with Gasteiger partial charge in [-0.2, -0.15) is 0 Å². The molecule has 4 rings (SSSR count).